The van der Waals surface area contributed by atoms with Crippen molar-refractivity contribution in [3.63, 3.8) is 0 Å². The molecule has 1 aromatic rings. The molecule has 3 amide bonds. The van der Waals surface area contributed by atoms with Crippen molar-refractivity contribution in [3.05, 3.63) is 29.8 Å². The largest absolute Gasteiger partial charge is 0.494 e. The van der Waals surface area contributed by atoms with Crippen LogP contribution in [0, 0.1) is 5.92 Å². The van der Waals surface area contributed by atoms with Crippen molar-refractivity contribution in [2.75, 3.05) is 6.61 Å². The molecule has 1 fully saturated rings. The van der Waals surface area contributed by atoms with Gasteiger partial charge in [0, 0.05) is 0 Å². The van der Waals surface area contributed by atoms with E-state index in [4.69, 9.17) is 4.74 Å². The molecule has 5 nitrogen and oxygen atoms in total. The second-order valence-electron chi connectivity index (χ2n) is 6.41. The van der Waals surface area contributed by atoms with E-state index in [0.717, 1.165) is 23.7 Å². The Hall–Kier alpha value is -2.04. The summed E-state index contributed by atoms with van der Waals surface area (Å²) in [7, 11) is 0. The molecular formula is C18H26N2O3. The third-order valence-electron chi connectivity index (χ3n) is 3.93. The molecule has 2 N–H and O–H groups in total. The molecule has 0 saturated carbocycles. The van der Waals surface area contributed by atoms with E-state index in [0.29, 0.717) is 6.61 Å². The minimum absolute atomic E-state index is 0.315. The summed E-state index contributed by atoms with van der Waals surface area (Å²) in [6.07, 6.45) is 6.10. The predicted molar refractivity (Wildman–Crippen MR) is 89.3 cm³/mol. The minimum Gasteiger partial charge on any atom is -0.494 e. The van der Waals surface area contributed by atoms with Crippen molar-refractivity contribution in [2.45, 2.75) is 52.0 Å². The molecule has 1 heterocycles. The highest BCUT2D eigenvalue weighted by atomic mass is 16.5. The Labute approximate surface area is 137 Å². The standard InChI is InChI=1S/C18H26N2O3/c1-13(2)7-5-3-4-6-12-23-15-10-8-14(9-11-15)16-17(21)20-18(22)19-16/h8-11,13,16H,3-7,12H2,1-2H3,(H2,19,20,21,22)/t16-/m0/s1. The lowest BCUT2D eigenvalue weighted by molar-refractivity contribution is -0.120. The number of imide groups is 1. The van der Waals surface area contributed by atoms with E-state index in [1.54, 1.807) is 0 Å². The van der Waals surface area contributed by atoms with E-state index < -0.39 is 12.1 Å². The molecule has 1 saturated heterocycles. The first-order chi connectivity index (χ1) is 11.1. The molecule has 2 rings (SSSR count). The number of amides is 3. The maximum Gasteiger partial charge on any atom is 0.322 e. The van der Waals surface area contributed by atoms with Crippen LogP contribution < -0.4 is 15.4 Å². The molecule has 0 unspecified atom stereocenters. The number of hydrogen-bond donors (Lipinski definition) is 2. The van der Waals surface area contributed by atoms with Crippen LogP contribution in [-0.4, -0.2) is 18.5 Å². The van der Waals surface area contributed by atoms with Gasteiger partial charge in [0.1, 0.15) is 11.8 Å². The van der Waals surface area contributed by atoms with Crippen LogP contribution in [0.2, 0.25) is 0 Å². The van der Waals surface area contributed by atoms with Crippen LogP contribution in [0.4, 0.5) is 4.79 Å². The summed E-state index contributed by atoms with van der Waals surface area (Å²) in [6, 6.07) is 6.26. The average Bonchev–Trinajstić information content (AvgIpc) is 2.85. The Kier molecular flexibility index (Phi) is 6.44. The van der Waals surface area contributed by atoms with Gasteiger partial charge in [0.2, 0.25) is 0 Å². The molecule has 1 aromatic carbocycles. The van der Waals surface area contributed by atoms with Crippen molar-refractivity contribution < 1.29 is 14.3 Å². The second-order valence-corrected chi connectivity index (χ2v) is 6.41. The molecule has 0 aromatic heterocycles. The lowest BCUT2D eigenvalue weighted by atomic mass is 10.0. The second kappa shape index (κ2) is 8.56. The zero-order chi connectivity index (χ0) is 16.7. The van der Waals surface area contributed by atoms with Gasteiger partial charge < -0.3 is 10.1 Å². The van der Waals surface area contributed by atoms with Crippen LogP contribution >= 0.6 is 0 Å². The number of carbonyl (C=O) groups excluding carboxylic acids is 2. The highest BCUT2D eigenvalue weighted by molar-refractivity contribution is 6.04. The van der Waals surface area contributed by atoms with Gasteiger partial charge in [-0.3, -0.25) is 10.1 Å². The maximum atomic E-state index is 11.6. The summed E-state index contributed by atoms with van der Waals surface area (Å²) < 4.78 is 5.71. The summed E-state index contributed by atoms with van der Waals surface area (Å²) in [5, 5.41) is 4.80. The van der Waals surface area contributed by atoms with Gasteiger partial charge in [-0.2, -0.15) is 0 Å². The lowest BCUT2D eigenvalue weighted by Gasteiger charge is -2.10. The highest BCUT2D eigenvalue weighted by Gasteiger charge is 2.30. The first-order valence-corrected chi connectivity index (χ1v) is 8.40. The number of carbonyl (C=O) groups is 2. The summed E-state index contributed by atoms with van der Waals surface area (Å²) in [5.41, 5.74) is 0.759. The van der Waals surface area contributed by atoms with Crippen LogP contribution in [0.3, 0.4) is 0 Å². The van der Waals surface area contributed by atoms with Crippen LogP contribution in [0.5, 0.6) is 5.75 Å². The van der Waals surface area contributed by atoms with Crippen molar-refractivity contribution in [1.82, 2.24) is 10.6 Å². The van der Waals surface area contributed by atoms with E-state index in [9.17, 15) is 9.59 Å². The number of nitrogens with one attached hydrogen (secondary N) is 2. The minimum atomic E-state index is -0.600. The Morgan fingerprint density at radius 3 is 2.35 bits per heavy atom. The number of hydrogen-bond acceptors (Lipinski definition) is 3. The fourth-order valence-corrected chi connectivity index (χ4v) is 2.61. The fourth-order valence-electron chi connectivity index (χ4n) is 2.61. The van der Waals surface area contributed by atoms with Gasteiger partial charge in [0.05, 0.1) is 6.61 Å². The topological polar surface area (TPSA) is 67.4 Å². The predicted octanol–water partition coefficient (Wildman–Crippen LogP) is 3.55. The fraction of sp³-hybridized carbons (Fsp3) is 0.556. The number of ether oxygens (including phenoxy) is 1. The first kappa shape index (κ1) is 17.3. The SMILES string of the molecule is CC(C)CCCCCCOc1ccc([C@@H]2NC(=O)NC2=O)cc1. The summed E-state index contributed by atoms with van der Waals surface area (Å²) >= 11 is 0. The lowest BCUT2D eigenvalue weighted by Crippen LogP contribution is -2.22. The van der Waals surface area contributed by atoms with Crippen molar-refractivity contribution in [2.24, 2.45) is 5.92 Å². The molecule has 23 heavy (non-hydrogen) atoms. The molecule has 0 radical (unpaired) electrons. The quantitative estimate of drug-likeness (QED) is 0.540. The van der Waals surface area contributed by atoms with E-state index in [1.165, 1.54) is 25.7 Å². The third-order valence-corrected chi connectivity index (χ3v) is 3.93. The Balaban J connectivity index is 1.67. The van der Waals surface area contributed by atoms with Crippen LogP contribution in [-0.2, 0) is 4.79 Å². The number of unbranched alkanes of at least 4 members (excludes halogenated alkanes) is 3. The third kappa shape index (κ3) is 5.58. The molecule has 5 heteroatoms. The molecule has 1 aliphatic heterocycles. The molecule has 126 valence electrons. The molecule has 1 atom stereocenters. The van der Waals surface area contributed by atoms with Crippen molar-refractivity contribution >= 4 is 11.9 Å². The zero-order valence-corrected chi connectivity index (χ0v) is 13.9. The van der Waals surface area contributed by atoms with Crippen LogP contribution in [0.1, 0.15) is 57.6 Å². The van der Waals surface area contributed by atoms with Gasteiger partial charge in [-0.15, -0.1) is 0 Å². The normalized spacial score (nSPS) is 17.3. The van der Waals surface area contributed by atoms with Crippen LogP contribution in [0.25, 0.3) is 0 Å². The van der Waals surface area contributed by atoms with Gasteiger partial charge in [0.15, 0.2) is 0 Å². The maximum absolute atomic E-state index is 11.6. The highest BCUT2D eigenvalue weighted by Crippen LogP contribution is 2.20. The van der Waals surface area contributed by atoms with Gasteiger partial charge in [-0.05, 0) is 30.0 Å². The average molecular weight is 318 g/mol. The van der Waals surface area contributed by atoms with Gasteiger partial charge in [0.25, 0.3) is 5.91 Å². The molecular weight excluding hydrogens is 292 g/mol. The van der Waals surface area contributed by atoms with Gasteiger partial charge in [-0.1, -0.05) is 51.7 Å². The first-order valence-electron chi connectivity index (χ1n) is 8.40. The number of benzene rings is 1. The zero-order valence-electron chi connectivity index (χ0n) is 13.9. The van der Waals surface area contributed by atoms with Crippen molar-refractivity contribution in [3.8, 4) is 5.75 Å². The number of rotatable bonds is 9. The van der Waals surface area contributed by atoms with Gasteiger partial charge in [-0.25, -0.2) is 4.79 Å². The van der Waals surface area contributed by atoms with Crippen molar-refractivity contribution in [1.29, 1.82) is 0 Å². The summed E-state index contributed by atoms with van der Waals surface area (Å²) in [4.78, 5) is 22.7. The smallest absolute Gasteiger partial charge is 0.322 e. The van der Waals surface area contributed by atoms with E-state index in [2.05, 4.69) is 24.5 Å². The summed E-state index contributed by atoms with van der Waals surface area (Å²) in [6.45, 7) is 5.22. The number of urea groups is 1. The Bertz CT molecular complexity index is 526. The van der Waals surface area contributed by atoms with E-state index >= 15 is 0 Å². The Morgan fingerprint density at radius 1 is 1.04 bits per heavy atom. The van der Waals surface area contributed by atoms with E-state index in [-0.39, 0.29) is 5.91 Å². The summed E-state index contributed by atoms with van der Waals surface area (Å²) in [5.74, 6) is 1.27. The van der Waals surface area contributed by atoms with Gasteiger partial charge >= 0.3 is 6.03 Å². The molecule has 0 spiro atoms. The van der Waals surface area contributed by atoms with E-state index in [1.807, 2.05) is 24.3 Å². The molecule has 0 bridgehead atoms. The monoisotopic (exact) mass is 318 g/mol. The molecule has 1 aliphatic rings. The molecule has 0 aliphatic carbocycles. The van der Waals surface area contributed by atoms with Crippen LogP contribution in [0.15, 0.2) is 24.3 Å². The Morgan fingerprint density at radius 2 is 1.74 bits per heavy atom.